The molecule has 0 radical (unpaired) electrons. The predicted molar refractivity (Wildman–Crippen MR) is 96.4 cm³/mol. The highest BCUT2D eigenvalue weighted by atomic mass is 35.5. The highest BCUT2D eigenvalue weighted by Gasteiger charge is 2.22. The zero-order valence-corrected chi connectivity index (χ0v) is 14.6. The van der Waals surface area contributed by atoms with Crippen molar-refractivity contribution in [3.05, 3.63) is 63.9 Å². The van der Waals surface area contributed by atoms with Crippen LogP contribution in [0.25, 0.3) is 0 Å². The van der Waals surface area contributed by atoms with Gasteiger partial charge >= 0.3 is 0 Å². The predicted octanol–water partition coefficient (Wildman–Crippen LogP) is 3.86. The van der Waals surface area contributed by atoms with E-state index >= 15 is 0 Å². The first kappa shape index (κ1) is 18.9. The van der Waals surface area contributed by atoms with E-state index in [9.17, 15) is 14.0 Å². The summed E-state index contributed by atoms with van der Waals surface area (Å²) in [5.41, 5.74) is 2.75. The summed E-state index contributed by atoms with van der Waals surface area (Å²) in [5.74, 6) is -2.97. The minimum absolute atomic E-state index is 0.00126. The molecule has 0 saturated carbocycles. The van der Waals surface area contributed by atoms with Crippen LogP contribution in [0.2, 0.25) is 10.0 Å². The molecule has 2 amide bonds. The van der Waals surface area contributed by atoms with Crippen molar-refractivity contribution in [2.45, 2.75) is 6.92 Å². The van der Waals surface area contributed by atoms with Crippen LogP contribution in [0.5, 0.6) is 0 Å². The number of anilines is 1. The summed E-state index contributed by atoms with van der Waals surface area (Å²) in [4.78, 5) is 24.0. The number of halogens is 3. The number of hydrogen-bond acceptors (Lipinski definition) is 3. The van der Waals surface area contributed by atoms with E-state index in [0.29, 0.717) is 15.6 Å². The molecule has 0 saturated heterocycles. The Morgan fingerprint density at radius 3 is 2.56 bits per heavy atom. The van der Waals surface area contributed by atoms with Crippen molar-refractivity contribution in [3.63, 3.8) is 0 Å². The van der Waals surface area contributed by atoms with Crippen LogP contribution < -0.4 is 10.7 Å². The zero-order valence-electron chi connectivity index (χ0n) is 13.1. The first-order valence-corrected chi connectivity index (χ1v) is 7.98. The number of rotatable bonds is 5. The standard InChI is InChI=1S/C17H14Cl2FN3O2/c1-10(16(24)22-14-8-3-2-7-13(14)20)17(25)23-21-9-11-5-4-6-12(18)15(11)19/h2-10H,1H3,(H,22,24)(H,23,25). The van der Waals surface area contributed by atoms with E-state index in [1.807, 2.05) is 0 Å². The summed E-state index contributed by atoms with van der Waals surface area (Å²) >= 11 is 11.9. The lowest BCUT2D eigenvalue weighted by molar-refractivity contribution is -0.131. The lowest BCUT2D eigenvalue weighted by atomic mass is 10.1. The number of hydrogen-bond donors (Lipinski definition) is 2. The second-order valence-electron chi connectivity index (χ2n) is 5.07. The Hall–Kier alpha value is -2.44. The van der Waals surface area contributed by atoms with Crippen molar-refractivity contribution in [2.75, 3.05) is 5.32 Å². The molecule has 1 unspecified atom stereocenters. The second kappa shape index (κ2) is 8.60. The maximum absolute atomic E-state index is 13.5. The summed E-state index contributed by atoms with van der Waals surface area (Å²) in [6.45, 7) is 1.38. The molecular formula is C17H14Cl2FN3O2. The van der Waals surface area contributed by atoms with Crippen LogP contribution in [0.4, 0.5) is 10.1 Å². The van der Waals surface area contributed by atoms with E-state index in [-0.39, 0.29) is 5.69 Å². The van der Waals surface area contributed by atoms with Crippen LogP contribution in [0, 0.1) is 11.7 Å². The average Bonchev–Trinajstić information content (AvgIpc) is 2.59. The number of para-hydroxylation sites is 1. The quantitative estimate of drug-likeness (QED) is 0.468. The molecule has 25 heavy (non-hydrogen) atoms. The van der Waals surface area contributed by atoms with Crippen LogP contribution in [0.3, 0.4) is 0 Å². The van der Waals surface area contributed by atoms with Crippen LogP contribution in [-0.2, 0) is 9.59 Å². The fourth-order valence-corrected chi connectivity index (χ4v) is 2.16. The van der Waals surface area contributed by atoms with Crippen LogP contribution in [-0.4, -0.2) is 18.0 Å². The number of nitrogens with one attached hydrogen (secondary N) is 2. The number of carbonyl (C=O) groups is 2. The molecule has 0 aliphatic rings. The van der Waals surface area contributed by atoms with Gasteiger partial charge in [-0.3, -0.25) is 9.59 Å². The monoisotopic (exact) mass is 381 g/mol. The lowest BCUT2D eigenvalue weighted by Gasteiger charge is -2.11. The minimum Gasteiger partial charge on any atom is -0.323 e. The Morgan fingerprint density at radius 1 is 1.12 bits per heavy atom. The summed E-state index contributed by atoms with van der Waals surface area (Å²) in [6.07, 6.45) is 1.31. The molecule has 0 spiro atoms. The molecule has 5 nitrogen and oxygen atoms in total. The van der Waals surface area contributed by atoms with E-state index in [1.165, 1.54) is 31.3 Å². The average molecular weight is 382 g/mol. The molecule has 0 bridgehead atoms. The van der Waals surface area contributed by atoms with Crippen molar-refractivity contribution in [1.29, 1.82) is 0 Å². The molecule has 0 aliphatic heterocycles. The van der Waals surface area contributed by atoms with Crippen molar-refractivity contribution in [1.82, 2.24) is 5.43 Å². The highest BCUT2D eigenvalue weighted by molar-refractivity contribution is 6.43. The van der Waals surface area contributed by atoms with Crippen molar-refractivity contribution in [2.24, 2.45) is 11.0 Å². The summed E-state index contributed by atoms with van der Waals surface area (Å²) < 4.78 is 13.5. The van der Waals surface area contributed by atoms with E-state index in [2.05, 4.69) is 15.8 Å². The normalized spacial score (nSPS) is 12.0. The number of amides is 2. The SMILES string of the molecule is CC(C(=O)NN=Cc1cccc(Cl)c1Cl)C(=O)Nc1ccccc1F. The van der Waals surface area contributed by atoms with Gasteiger partial charge in [0.1, 0.15) is 11.7 Å². The Labute approximate surface area is 153 Å². The zero-order chi connectivity index (χ0) is 18.4. The maximum atomic E-state index is 13.5. The first-order valence-electron chi connectivity index (χ1n) is 7.22. The first-order chi connectivity index (χ1) is 11.9. The molecule has 2 N–H and O–H groups in total. The van der Waals surface area contributed by atoms with Crippen LogP contribution >= 0.6 is 23.2 Å². The number of hydrazone groups is 1. The van der Waals surface area contributed by atoms with Crippen LogP contribution in [0.15, 0.2) is 47.6 Å². The van der Waals surface area contributed by atoms with Crippen molar-refractivity contribution in [3.8, 4) is 0 Å². The summed E-state index contributed by atoms with van der Waals surface area (Å²) in [6, 6.07) is 10.6. The third kappa shape index (κ3) is 5.01. The van der Waals surface area contributed by atoms with Crippen molar-refractivity contribution >= 4 is 46.9 Å². The van der Waals surface area contributed by atoms with Gasteiger partial charge in [-0.1, -0.05) is 47.5 Å². The summed E-state index contributed by atoms with van der Waals surface area (Å²) in [7, 11) is 0. The number of nitrogens with zero attached hydrogens (tertiary/aromatic N) is 1. The molecule has 0 aliphatic carbocycles. The van der Waals surface area contributed by atoms with Crippen LogP contribution in [0.1, 0.15) is 12.5 Å². The van der Waals surface area contributed by atoms with Gasteiger partial charge in [0.05, 0.1) is 21.9 Å². The third-order valence-electron chi connectivity index (χ3n) is 3.28. The van der Waals surface area contributed by atoms with E-state index in [0.717, 1.165) is 0 Å². The smallest absolute Gasteiger partial charge is 0.252 e. The fraction of sp³-hybridized carbons (Fsp3) is 0.118. The molecule has 130 valence electrons. The van der Waals surface area contributed by atoms with E-state index in [4.69, 9.17) is 23.2 Å². The van der Waals surface area contributed by atoms with Gasteiger partial charge < -0.3 is 5.32 Å². The lowest BCUT2D eigenvalue weighted by Crippen LogP contribution is -2.34. The molecular weight excluding hydrogens is 368 g/mol. The van der Waals surface area contributed by atoms with Crippen molar-refractivity contribution < 1.29 is 14.0 Å². The minimum atomic E-state index is -1.08. The molecule has 2 aromatic carbocycles. The van der Waals surface area contributed by atoms with E-state index in [1.54, 1.807) is 24.3 Å². The highest BCUT2D eigenvalue weighted by Crippen LogP contribution is 2.24. The molecule has 2 aromatic rings. The largest absolute Gasteiger partial charge is 0.323 e. The van der Waals surface area contributed by atoms with Gasteiger partial charge in [-0.15, -0.1) is 0 Å². The van der Waals surface area contributed by atoms with Gasteiger partial charge in [-0.05, 0) is 25.1 Å². The Balaban J connectivity index is 1.96. The molecule has 8 heteroatoms. The Kier molecular flexibility index (Phi) is 6.50. The maximum Gasteiger partial charge on any atom is 0.252 e. The number of benzene rings is 2. The van der Waals surface area contributed by atoms with Gasteiger partial charge in [0, 0.05) is 5.56 Å². The fourth-order valence-electron chi connectivity index (χ4n) is 1.81. The van der Waals surface area contributed by atoms with Gasteiger partial charge in [-0.2, -0.15) is 5.10 Å². The third-order valence-corrected chi connectivity index (χ3v) is 4.11. The van der Waals surface area contributed by atoms with E-state index < -0.39 is 23.5 Å². The Morgan fingerprint density at radius 2 is 1.84 bits per heavy atom. The van der Waals surface area contributed by atoms with Gasteiger partial charge in [0.2, 0.25) is 5.91 Å². The van der Waals surface area contributed by atoms with Gasteiger partial charge in [0.25, 0.3) is 5.91 Å². The second-order valence-corrected chi connectivity index (χ2v) is 5.85. The van der Waals surface area contributed by atoms with Gasteiger partial charge in [0.15, 0.2) is 0 Å². The molecule has 1 atom stereocenters. The summed E-state index contributed by atoms with van der Waals surface area (Å²) in [5, 5.41) is 6.75. The van der Waals surface area contributed by atoms with Gasteiger partial charge in [-0.25, -0.2) is 9.82 Å². The molecule has 0 heterocycles. The number of carbonyl (C=O) groups excluding carboxylic acids is 2. The molecule has 2 rings (SSSR count). The topological polar surface area (TPSA) is 70.6 Å². The Bertz CT molecular complexity index is 827. The molecule has 0 aromatic heterocycles. The molecule has 0 fully saturated rings.